The second-order valence-corrected chi connectivity index (χ2v) is 9.97. The van der Waals surface area contributed by atoms with Crippen LogP contribution in [-0.2, 0) is 6.42 Å². The Kier molecular flexibility index (Phi) is 6.34. The number of rotatable bonds is 6. The molecule has 2 aromatic heterocycles. The van der Waals surface area contributed by atoms with Gasteiger partial charge in [0.05, 0.1) is 22.0 Å². The maximum Gasteiger partial charge on any atom is 0.225 e. The van der Waals surface area contributed by atoms with Crippen molar-refractivity contribution >= 4 is 54.4 Å². The summed E-state index contributed by atoms with van der Waals surface area (Å²) < 4.78 is 2.14. The van der Waals surface area contributed by atoms with Crippen molar-refractivity contribution in [3.8, 4) is 0 Å². The first-order chi connectivity index (χ1) is 15.6. The van der Waals surface area contributed by atoms with Crippen molar-refractivity contribution in [1.82, 2.24) is 15.0 Å². The number of benzene rings is 2. The zero-order chi connectivity index (χ0) is 21.9. The summed E-state index contributed by atoms with van der Waals surface area (Å²) in [5.41, 5.74) is 3.09. The smallest absolute Gasteiger partial charge is 0.225 e. The molecule has 32 heavy (non-hydrogen) atoms. The number of anilines is 3. The molecule has 164 valence electrons. The summed E-state index contributed by atoms with van der Waals surface area (Å²) in [5.74, 6) is 1.34. The van der Waals surface area contributed by atoms with Gasteiger partial charge in [0.1, 0.15) is 5.82 Å². The van der Waals surface area contributed by atoms with Gasteiger partial charge in [0.15, 0.2) is 5.13 Å². The normalized spacial score (nSPS) is 18.6. The molecule has 0 saturated heterocycles. The van der Waals surface area contributed by atoms with E-state index in [-0.39, 0.29) is 12.1 Å². The van der Waals surface area contributed by atoms with Crippen LogP contribution in [0.25, 0.3) is 10.2 Å². The van der Waals surface area contributed by atoms with Crippen LogP contribution in [0.5, 0.6) is 0 Å². The van der Waals surface area contributed by atoms with Crippen LogP contribution in [0.15, 0.2) is 59.1 Å². The predicted octanol–water partition coefficient (Wildman–Crippen LogP) is 5.90. The molecule has 0 spiro atoms. The lowest BCUT2D eigenvalue weighted by atomic mass is 9.93. The van der Waals surface area contributed by atoms with E-state index >= 15 is 0 Å². The van der Waals surface area contributed by atoms with Gasteiger partial charge in [0.2, 0.25) is 5.95 Å². The zero-order valence-corrected chi connectivity index (χ0v) is 19.9. The second kappa shape index (κ2) is 9.52. The van der Waals surface area contributed by atoms with Crippen molar-refractivity contribution in [3.05, 3.63) is 70.3 Å². The molecule has 1 saturated carbocycles. The minimum absolute atomic E-state index is 0.186. The number of aliphatic hydroxyl groups is 1. The van der Waals surface area contributed by atoms with Crippen LogP contribution in [0.2, 0.25) is 0 Å². The molecule has 0 unspecified atom stereocenters. The molecule has 2 heterocycles. The Morgan fingerprint density at radius 2 is 1.78 bits per heavy atom. The van der Waals surface area contributed by atoms with E-state index in [0.29, 0.717) is 5.95 Å². The molecule has 0 radical (unpaired) electrons. The van der Waals surface area contributed by atoms with Crippen molar-refractivity contribution in [2.45, 2.75) is 44.2 Å². The van der Waals surface area contributed by atoms with Gasteiger partial charge in [-0.15, -0.1) is 0 Å². The van der Waals surface area contributed by atoms with Gasteiger partial charge in [-0.25, -0.2) is 9.97 Å². The molecular formula is C24H24BrN5OS. The van der Waals surface area contributed by atoms with Crippen molar-refractivity contribution in [2.75, 3.05) is 10.6 Å². The Labute approximate surface area is 199 Å². The van der Waals surface area contributed by atoms with E-state index in [1.165, 1.54) is 5.56 Å². The highest BCUT2D eigenvalue weighted by Gasteiger charge is 2.20. The first-order valence-electron chi connectivity index (χ1n) is 10.8. The average molecular weight is 510 g/mol. The standard InChI is InChI=1S/C24H24BrN5OS/c25-19-7-4-8-20-22(19)32-24(28-20)30-21-14-17(13-15-5-2-1-3-6-15)27-23(29-21)26-16-9-11-18(31)12-10-16/h1-8,14,16,18,31H,9-13H2,(H2,26,27,28,29,30). The molecule has 1 aliphatic carbocycles. The van der Waals surface area contributed by atoms with E-state index < -0.39 is 0 Å². The molecule has 5 rings (SSSR count). The Morgan fingerprint density at radius 1 is 0.969 bits per heavy atom. The summed E-state index contributed by atoms with van der Waals surface area (Å²) in [4.78, 5) is 14.2. The van der Waals surface area contributed by atoms with Gasteiger partial charge in [-0.2, -0.15) is 4.98 Å². The third-order valence-corrected chi connectivity index (χ3v) is 7.58. The number of nitrogens with one attached hydrogen (secondary N) is 2. The minimum atomic E-state index is -0.186. The number of thiazole rings is 1. The molecule has 1 aliphatic rings. The fourth-order valence-electron chi connectivity index (χ4n) is 4.00. The van der Waals surface area contributed by atoms with E-state index in [0.717, 1.165) is 63.4 Å². The number of aromatic nitrogens is 3. The molecule has 0 bridgehead atoms. The third-order valence-electron chi connectivity index (χ3n) is 5.64. The summed E-state index contributed by atoms with van der Waals surface area (Å²) in [6, 6.07) is 18.6. The van der Waals surface area contributed by atoms with Crippen molar-refractivity contribution in [2.24, 2.45) is 0 Å². The van der Waals surface area contributed by atoms with Crippen LogP contribution in [0.4, 0.5) is 16.9 Å². The van der Waals surface area contributed by atoms with Gasteiger partial charge < -0.3 is 15.7 Å². The Bertz CT molecular complexity index is 1210. The lowest BCUT2D eigenvalue weighted by Gasteiger charge is -2.26. The highest BCUT2D eigenvalue weighted by atomic mass is 79.9. The highest BCUT2D eigenvalue weighted by molar-refractivity contribution is 9.10. The molecule has 3 N–H and O–H groups in total. The molecule has 0 atom stereocenters. The van der Waals surface area contributed by atoms with E-state index in [1.54, 1.807) is 11.3 Å². The van der Waals surface area contributed by atoms with Crippen LogP contribution in [0, 0.1) is 0 Å². The summed E-state index contributed by atoms with van der Waals surface area (Å²) in [6.07, 6.45) is 4.00. The quantitative estimate of drug-likeness (QED) is 0.300. The fourth-order valence-corrected chi connectivity index (χ4v) is 5.48. The van der Waals surface area contributed by atoms with Gasteiger partial charge in [0.25, 0.3) is 0 Å². The summed E-state index contributed by atoms with van der Waals surface area (Å²) in [6.45, 7) is 0. The van der Waals surface area contributed by atoms with E-state index in [4.69, 9.17) is 15.0 Å². The monoisotopic (exact) mass is 509 g/mol. The van der Waals surface area contributed by atoms with Gasteiger partial charge >= 0.3 is 0 Å². The predicted molar refractivity (Wildman–Crippen MR) is 134 cm³/mol. The van der Waals surface area contributed by atoms with Crippen molar-refractivity contribution in [1.29, 1.82) is 0 Å². The summed E-state index contributed by atoms with van der Waals surface area (Å²) >= 11 is 5.20. The van der Waals surface area contributed by atoms with Crippen LogP contribution in [0.1, 0.15) is 36.9 Å². The van der Waals surface area contributed by atoms with Crippen molar-refractivity contribution < 1.29 is 5.11 Å². The van der Waals surface area contributed by atoms with Gasteiger partial charge in [-0.1, -0.05) is 47.7 Å². The third kappa shape index (κ3) is 5.09. The average Bonchev–Trinajstić information content (AvgIpc) is 3.20. The molecule has 0 amide bonds. The number of fused-ring (bicyclic) bond motifs is 1. The van der Waals surface area contributed by atoms with Crippen molar-refractivity contribution in [3.63, 3.8) is 0 Å². The molecule has 0 aliphatic heterocycles. The van der Waals surface area contributed by atoms with Crippen LogP contribution in [-0.4, -0.2) is 32.2 Å². The molecular weight excluding hydrogens is 486 g/mol. The Balaban J connectivity index is 1.42. The second-order valence-electron chi connectivity index (χ2n) is 8.11. The maximum atomic E-state index is 9.81. The van der Waals surface area contributed by atoms with Crippen LogP contribution < -0.4 is 10.6 Å². The summed E-state index contributed by atoms with van der Waals surface area (Å²) in [7, 11) is 0. The first-order valence-corrected chi connectivity index (χ1v) is 12.4. The lowest BCUT2D eigenvalue weighted by molar-refractivity contribution is 0.126. The highest BCUT2D eigenvalue weighted by Crippen LogP contribution is 2.33. The maximum absolute atomic E-state index is 9.81. The SMILES string of the molecule is OC1CCC(Nc2nc(Cc3ccccc3)cc(Nc3nc4cccc(Br)c4s3)n2)CC1. The fraction of sp³-hybridized carbons (Fsp3) is 0.292. The topological polar surface area (TPSA) is 83.0 Å². The summed E-state index contributed by atoms with van der Waals surface area (Å²) in [5, 5.41) is 17.5. The zero-order valence-electron chi connectivity index (χ0n) is 17.5. The lowest BCUT2D eigenvalue weighted by Crippen LogP contribution is -2.29. The molecule has 8 heteroatoms. The number of hydrogen-bond donors (Lipinski definition) is 3. The minimum Gasteiger partial charge on any atom is -0.393 e. The van der Waals surface area contributed by atoms with Gasteiger partial charge in [-0.05, 0) is 59.3 Å². The number of hydrogen-bond acceptors (Lipinski definition) is 7. The Morgan fingerprint density at radius 3 is 2.56 bits per heavy atom. The van der Waals surface area contributed by atoms with E-state index in [9.17, 15) is 5.11 Å². The van der Waals surface area contributed by atoms with E-state index in [1.807, 2.05) is 42.5 Å². The number of nitrogens with zero attached hydrogens (tertiary/aromatic N) is 3. The van der Waals surface area contributed by atoms with E-state index in [2.05, 4.69) is 38.7 Å². The van der Waals surface area contributed by atoms with Gasteiger partial charge in [-0.3, -0.25) is 0 Å². The first kappa shape index (κ1) is 21.3. The molecule has 2 aromatic carbocycles. The number of aliphatic hydroxyl groups excluding tert-OH is 1. The largest absolute Gasteiger partial charge is 0.393 e. The molecule has 6 nitrogen and oxygen atoms in total. The molecule has 4 aromatic rings. The van der Waals surface area contributed by atoms with Gasteiger partial charge in [0, 0.05) is 23.0 Å². The Hall–Kier alpha value is -2.55. The molecule has 1 fully saturated rings. The van der Waals surface area contributed by atoms with Crippen LogP contribution >= 0.6 is 27.3 Å². The van der Waals surface area contributed by atoms with Crippen LogP contribution in [0.3, 0.4) is 0 Å². The number of halogens is 1.